The van der Waals surface area contributed by atoms with Gasteiger partial charge in [-0.15, -0.1) is 0 Å². The van der Waals surface area contributed by atoms with Crippen LogP contribution in [-0.2, 0) is 4.79 Å². The molecule has 2 amide bonds. The number of pyridine rings is 1. The first-order valence-corrected chi connectivity index (χ1v) is 9.57. The number of nitrogens with one attached hydrogen (secondary N) is 2. The molecule has 1 aromatic carbocycles. The smallest absolute Gasteiger partial charge is 0.251 e. The van der Waals surface area contributed by atoms with Crippen molar-refractivity contribution in [3.8, 4) is 0 Å². The van der Waals surface area contributed by atoms with Crippen molar-refractivity contribution in [2.24, 2.45) is 11.3 Å². The Labute approximate surface area is 167 Å². The van der Waals surface area contributed by atoms with Gasteiger partial charge in [-0.2, -0.15) is 0 Å². The minimum absolute atomic E-state index is 0.0337. The zero-order valence-corrected chi connectivity index (χ0v) is 16.3. The molecule has 0 radical (unpaired) electrons. The molecule has 0 saturated heterocycles. The number of benzene rings is 1. The number of rotatable bonds is 5. The van der Waals surface area contributed by atoms with Crippen molar-refractivity contribution >= 4 is 40.7 Å². The van der Waals surface area contributed by atoms with E-state index in [1.54, 1.807) is 42.6 Å². The van der Waals surface area contributed by atoms with Gasteiger partial charge in [0.15, 0.2) is 0 Å². The molecular weight excluding hydrogens is 385 g/mol. The van der Waals surface area contributed by atoms with Crippen molar-refractivity contribution < 1.29 is 9.59 Å². The average molecular weight is 404 g/mol. The maximum Gasteiger partial charge on any atom is 0.251 e. The molecule has 27 heavy (non-hydrogen) atoms. The van der Waals surface area contributed by atoms with E-state index in [-0.39, 0.29) is 28.7 Å². The highest BCUT2D eigenvalue weighted by Gasteiger charge is 2.71. The Hall–Kier alpha value is -2.11. The van der Waals surface area contributed by atoms with Crippen LogP contribution in [0.1, 0.15) is 36.5 Å². The van der Waals surface area contributed by atoms with Crippen LogP contribution < -0.4 is 10.6 Å². The van der Waals surface area contributed by atoms with Gasteiger partial charge in [0.1, 0.15) is 5.15 Å². The summed E-state index contributed by atoms with van der Waals surface area (Å²) in [5.41, 5.74) is 0.968. The number of halogens is 2. The molecule has 0 aliphatic heterocycles. The fraction of sp³-hybridized carbons (Fsp3) is 0.350. The van der Waals surface area contributed by atoms with E-state index in [0.29, 0.717) is 21.4 Å². The van der Waals surface area contributed by atoms with E-state index >= 15 is 0 Å². The van der Waals surface area contributed by atoms with E-state index in [4.69, 9.17) is 23.2 Å². The number of carbonyl (C=O) groups excluding carboxylic acids is 2. The van der Waals surface area contributed by atoms with E-state index in [1.807, 2.05) is 6.92 Å². The predicted octanol–water partition coefficient (Wildman–Crippen LogP) is 4.32. The number of aromatic nitrogens is 1. The predicted molar refractivity (Wildman–Crippen MR) is 105 cm³/mol. The van der Waals surface area contributed by atoms with Crippen LogP contribution >= 0.6 is 23.2 Å². The molecule has 2 N–H and O–H groups in total. The van der Waals surface area contributed by atoms with Crippen molar-refractivity contribution in [2.75, 3.05) is 5.32 Å². The quantitative estimate of drug-likeness (QED) is 0.730. The topological polar surface area (TPSA) is 71.1 Å². The van der Waals surface area contributed by atoms with Gasteiger partial charge >= 0.3 is 0 Å². The summed E-state index contributed by atoms with van der Waals surface area (Å²) in [6, 6.07) is 10.3. The lowest BCUT2D eigenvalue weighted by atomic mass is 9.36. The molecule has 140 valence electrons. The van der Waals surface area contributed by atoms with Gasteiger partial charge in [0.2, 0.25) is 5.91 Å². The minimum Gasteiger partial charge on any atom is -0.347 e. The highest BCUT2D eigenvalue weighted by atomic mass is 35.5. The summed E-state index contributed by atoms with van der Waals surface area (Å²) in [4.78, 5) is 29.0. The second kappa shape index (κ2) is 6.50. The molecule has 3 aliphatic rings. The molecule has 3 saturated carbocycles. The van der Waals surface area contributed by atoms with Gasteiger partial charge in [-0.1, -0.05) is 36.2 Å². The largest absolute Gasteiger partial charge is 0.347 e. The number of hydrogen-bond acceptors (Lipinski definition) is 3. The second-order valence-corrected chi connectivity index (χ2v) is 8.54. The summed E-state index contributed by atoms with van der Waals surface area (Å²) in [5, 5.41) is 6.94. The molecule has 2 aromatic rings. The van der Waals surface area contributed by atoms with Crippen LogP contribution in [0.4, 0.5) is 5.69 Å². The average Bonchev–Trinajstić information content (AvgIpc) is 2.58. The zero-order valence-electron chi connectivity index (χ0n) is 14.8. The molecule has 1 heterocycles. The van der Waals surface area contributed by atoms with Gasteiger partial charge in [-0.3, -0.25) is 9.59 Å². The lowest BCUT2D eigenvalue weighted by Gasteiger charge is -2.72. The Morgan fingerprint density at radius 1 is 1.15 bits per heavy atom. The Kier molecular flexibility index (Phi) is 4.40. The first kappa shape index (κ1) is 18.3. The lowest BCUT2D eigenvalue weighted by Crippen LogP contribution is -2.77. The monoisotopic (exact) mass is 403 g/mol. The third-order valence-corrected chi connectivity index (χ3v) is 6.30. The van der Waals surface area contributed by atoms with Gasteiger partial charge < -0.3 is 10.6 Å². The van der Waals surface area contributed by atoms with Crippen LogP contribution in [0.15, 0.2) is 42.6 Å². The molecule has 3 aliphatic carbocycles. The van der Waals surface area contributed by atoms with Crippen molar-refractivity contribution in [3.63, 3.8) is 0 Å². The highest BCUT2D eigenvalue weighted by Crippen LogP contribution is 2.70. The first-order valence-electron chi connectivity index (χ1n) is 8.81. The number of nitrogens with zero attached hydrogens (tertiary/aromatic N) is 1. The van der Waals surface area contributed by atoms with Crippen LogP contribution in [-0.4, -0.2) is 22.3 Å². The van der Waals surface area contributed by atoms with Gasteiger partial charge in [0, 0.05) is 22.0 Å². The fourth-order valence-corrected chi connectivity index (χ4v) is 4.68. The molecule has 7 heteroatoms. The summed E-state index contributed by atoms with van der Waals surface area (Å²) in [6.45, 7) is 1.94. The maximum atomic E-state index is 12.6. The van der Waals surface area contributed by atoms with Crippen LogP contribution in [0.3, 0.4) is 0 Å². The fourth-order valence-electron chi connectivity index (χ4n) is 4.38. The molecule has 1 aromatic heterocycles. The Bertz CT molecular complexity index is 894. The molecule has 5 nitrogen and oxygen atoms in total. The number of anilines is 1. The van der Waals surface area contributed by atoms with E-state index in [2.05, 4.69) is 15.6 Å². The van der Waals surface area contributed by atoms with Gasteiger partial charge in [0.05, 0.1) is 11.9 Å². The number of amides is 2. The molecule has 3 fully saturated rings. The van der Waals surface area contributed by atoms with Crippen LogP contribution in [0.2, 0.25) is 10.2 Å². The van der Waals surface area contributed by atoms with Crippen LogP contribution in [0, 0.1) is 11.3 Å². The van der Waals surface area contributed by atoms with E-state index in [1.165, 1.54) is 0 Å². The third-order valence-electron chi connectivity index (χ3n) is 5.84. The van der Waals surface area contributed by atoms with Gasteiger partial charge in [0.25, 0.3) is 5.91 Å². The van der Waals surface area contributed by atoms with Crippen molar-refractivity contribution in [1.82, 2.24) is 10.3 Å². The standard InChI is InChI=1S/C20H19Cl2N3O2/c1-12(17(26)24-15-5-6-16(22)23-8-15)19-9-20(10-19,11-19)25-18(27)13-3-2-4-14(21)7-13/h2-8,12H,9-11H2,1H3,(H,24,26)(H,25,27). The highest BCUT2D eigenvalue weighted by molar-refractivity contribution is 6.31. The first-order chi connectivity index (χ1) is 12.8. The summed E-state index contributed by atoms with van der Waals surface area (Å²) >= 11 is 11.7. The summed E-state index contributed by atoms with van der Waals surface area (Å²) in [6.07, 6.45) is 4.00. The summed E-state index contributed by atoms with van der Waals surface area (Å²) in [5.74, 6) is -0.290. The van der Waals surface area contributed by atoms with Crippen LogP contribution in [0.25, 0.3) is 0 Å². The van der Waals surface area contributed by atoms with Gasteiger partial charge in [-0.25, -0.2) is 4.98 Å². The van der Waals surface area contributed by atoms with E-state index < -0.39 is 0 Å². The van der Waals surface area contributed by atoms with Crippen molar-refractivity contribution in [1.29, 1.82) is 0 Å². The summed E-state index contributed by atoms with van der Waals surface area (Å²) in [7, 11) is 0. The minimum atomic E-state index is -0.185. The molecule has 5 rings (SSSR count). The Morgan fingerprint density at radius 2 is 1.89 bits per heavy atom. The maximum absolute atomic E-state index is 12.6. The summed E-state index contributed by atoms with van der Waals surface area (Å²) < 4.78 is 0. The molecule has 1 atom stereocenters. The van der Waals surface area contributed by atoms with E-state index in [9.17, 15) is 9.59 Å². The van der Waals surface area contributed by atoms with Crippen molar-refractivity contribution in [2.45, 2.75) is 31.7 Å². The number of hydrogen-bond donors (Lipinski definition) is 2. The van der Waals surface area contributed by atoms with Crippen LogP contribution in [0.5, 0.6) is 0 Å². The number of carbonyl (C=O) groups is 2. The van der Waals surface area contributed by atoms with Crippen molar-refractivity contribution in [3.05, 3.63) is 58.3 Å². The second-order valence-electron chi connectivity index (χ2n) is 7.72. The normalized spacial score (nSPS) is 26.3. The zero-order chi connectivity index (χ0) is 19.2. The molecular formula is C20H19Cl2N3O2. The third kappa shape index (κ3) is 3.30. The molecule has 1 unspecified atom stereocenters. The molecule has 0 spiro atoms. The SMILES string of the molecule is CC(C(=O)Nc1ccc(Cl)nc1)C12CC(NC(=O)c3cccc(Cl)c3)(C1)C2. The Balaban J connectivity index is 1.33. The Morgan fingerprint density at radius 3 is 2.52 bits per heavy atom. The van der Waals surface area contributed by atoms with Gasteiger partial charge in [-0.05, 0) is 55.0 Å². The van der Waals surface area contributed by atoms with E-state index in [0.717, 1.165) is 19.3 Å². The lowest BCUT2D eigenvalue weighted by molar-refractivity contribution is -0.184. The molecule has 2 bridgehead atoms.